The molecular weight excluding hydrogens is 176 g/mol. The third kappa shape index (κ3) is 1.87. The Morgan fingerprint density at radius 3 is 3.00 bits per heavy atom. The maximum atomic E-state index is 9.65. The number of hydrogen-bond acceptors (Lipinski definition) is 3. The van der Waals surface area contributed by atoms with Crippen molar-refractivity contribution >= 4 is 5.82 Å². The zero-order valence-corrected chi connectivity index (χ0v) is 8.40. The highest BCUT2D eigenvalue weighted by Crippen LogP contribution is 2.23. The van der Waals surface area contributed by atoms with Crippen LogP contribution in [-0.4, -0.2) is 22.2 Å². The Balaban J connectivity index is 2.07. The van der Waals surface area contributed by atoms with Crippen LogP contribution >= 0.6 is 0 Å². The van der Waals surface area contributed by atoms with E-state index in [1.807, 2.05) is 19.1 Å². The van der Waals surface area contributed by atoms with E-state index in [4.69, 9.17) is 0 Å². The van der Waals surface area contributed by atoms with Crippen LogP contribution in [0, 0.1) is 6.92 Å². The Kier molecular flexibility index (Phi) is 2.68. The summed E-state index contributed by atoms with van der Waals surface area (Å²) in [6.45, 7) is 2.02. The predicted octanol–water partition coefficient (Wildman–Crippen LogP) is 1.72. The van der Waals surface area contributed by atoms with Gasteiger partial charge in [0.2, 0.25) is 0 Å². The maximum Gasteiger partial charge on any atom is 0.129 e. The number of pyridine rings is 1. The first kappa shape index (κ1) is 9.46. The minimum atomic E-state index is -0.212. The lowest BCUT2D eigenvalue weighted by atomic mass is 10.2. The second-order valence-corrected chi connectivity index (χ2v) is 3.92. The van der Waals surface area contributed by atoms with Crippen LogP contribution in [0.2, 0.25) is 0 Å². The van der Waals surface area contributed by atoms with Crippen molar-refractivity contribution in [2.45, 2.75) is 38.3 Å². The SMILES string of the molecule is Cc1cccnc1NC1CCCC1O. The minimum absolute atomic E-state index is 0.184. The molecule has 2 unspecified atom stereocenters. The molecule has 0 saturated heterocycles. The molecule has 76 valence electrons. The fourth-order valence-electron chi connectivity index (χ4n) is 1.92. The average Bonchev–Trinajstić information content (AvgIpc) is 2.56. The summed E-state index contributed by atoms with van der Waals surface area (Å²) in [5, 5.41) is 12.9. The van der Waals surface area contributed by atoms with Gasteiger partial charge in [-0.2, -0.15) is 0 Å². The lowest BCUT2D eigenvalue weighted by Gasteiger charge is -2.18. The number of aliphatic hydroxyl groups is 1. The minimum Gasteiger partial charge on any atom is -0.391 e. The Bertz CT molecular complexity index is 314. The van der Waals surface area contributed by atoms with E-state index in [0.717, 1.165) is 30.6 Å². The van der Waals surface area contributed by atoms with Crippen molar-refractivity contribution in [2.75, 3.05) is 5.32 Å². The lowest BCUT2D eigenvalue weighted by molar-refractivity contribution is 0.171. The van der Waals surface area contributed by atoms with Crippen LogP contribution in [-0.2, 0) is 0 Å². The smallest absolute Gasteiger partial charge is 0.129 e. The van der Waals surface area contributed by atoms with Crippen LogP contribution in [0.4, 0.5) is 5.82 Å². The fraction of sp³-hybridized carbons (Fsp3) is 0.545. The molecule has 0 radical (unpaired) electrons. The van der Waals surface area contributed by atoms with Gasteiger partial charge in [-0.3, -0.25) is 0 Å². The van der Waals surface area contributed by atoms with E-state index in [0.29, 0.717) is 0 Å². The third-order valence-electron chi connectivity index (χ3n) is 2.81. The molecule has 2 atom stereocenters. The summed E-state index contributed by atoms with van der Waals surface area (Å²) in [6, 6.07) is 4.13. The highest BCUT2D eigenvalue weighted by atomic mass is 16.3. The fourth-order valence-corrected chi connectivity index (χ4v) is 1.92. The highest BCUT2D eigenvalue weighted by molar-refractivity contribution is 5.43. The number of aryl methyl sites for hydroxylation is 1. The van der Waals surface area contributed by atoms with E-state index in [9.17, 15) is 5.11 Å². The Morgan fingerprint density at radius 2 is 2.36 bits per heavy atom. The summed E-state index contributed by atoms with van der Waals surface area (Å²) in [6.07, 6.45) is 4.61. The van der Waals surface area contributed by atoms with Crippen molar-refractivity contribution in [1.29, 1.82) is 0 Å². The van der Waals surface area contributed by atoms with Crippen LogP contribution in [0.5, 0.6) is 0 Å². The van der Waals surface area contributed by atoms with Gasteiger partial charge in [-0.1, -0.05) is 6.07 Å². The zero-order valence-electron chi connectivity index (χ0n) is 8.40. The van der Waals surface area contributed by atoms with Gasteiger partial charge in [0.15, 0.2) is 0 Å². The molecule has 0 aliphatic heterocycles. The van der Waals surface area contributed by atoms with E-state index in [1.54, 1.807) is 6.20 Å². The molecule has 1 fully saturated rings. The normalized spacial score (nSPS) is 26.4. The van der Waals surface area contributed by atoms with Crippen molar-refractivity contribution < 1.29 is 5.11 Å². The van der Waals surface area contributed by atoms with Gasteiger partial charge in [-0.25, -0.2) is 4.98 Å². The number of hydrogen-bond donors (Lipinski definition) is 2. The number of nitrogens with zero attached hydrogens (tertiary/aromatic N) is 1. The van der Waals surface area contributed by atoms with Gasteiger partial charge >= 0.3 is 0 Å². The number of aromatic nitrogens is 1. The van der Waals surface area contributed by atoms with Crippen LogP contribution in [0.15, 0.2) is 18.3 Å². The number of anilines is 1. The van der Waals surface area contributed by atoms with Crippen LogP contribution in [0.1, 0.15) is 24.8 Å². The van der Waals surface area contributed by atoms with Gasteiger partial charge < -0.3 is 10.4 Å². The second-order valence-electron chi connectivity index (χ2n) is 3.92. The number of rotatable bonds is 2. The first-order valence-corrected chi connectivity index (χ1v) is 5.13. The molecule has 0 amide bonds. The number of aliphatic hydroxyl groups excluding tert-OH is 1. The van der Waals surface area contributed by atoms with E-state index >= 15 is 0 Å². The molecule has 3 nitrogen and oxygen atoms in total. The van der Waals surface area contributed by atoms with Crippen LogP contribution in [0.3, 0.4) is 0 Å². The molecule has 2 N–H and O–H groups in total. The summed E-state index contributed by atoms with van der Waals surface area (Å²) < 4.78 is 0. The van der Waals surface area contributed by atoms with E-state index < -0.39 is 0 Å². The topological polar surface area (TPSA) is 45.2 Å². The molecule has 1 aliphatic carbocycles. The summed E-state index contributed by atoms with van der Waals surface area (Å²) in [4.78, 5) is 4.25. The van der Waals surface area contributed by atoms with Gasteiger partial charge in [0.25, 0.3) is 0 Å². The average molecular weight is 192 g/mol. The van der Waals surface area contributed by atoms with Crippen molar-refractivity contribution in [2.24, 2.45) is 0 Å². The molecule has 1 heterocycles. The molecule has 1 aliphatic rings. The van der Waals surface area contributed by atoms with Gasteiger partial charge in [-0.15, -0.1) is 0 Å². The molecule has 3 heteroatoms. The predicted molar refractivity (Wildman–Crippen MR) is 56.2 cm³/mol. The number of nitrogens with one attached hydrogen (secondary N) is 1. The first-order valence-electron chi connectivity index (χ1n) is 5.13. The van der Waals surface area contributed by atoms with Crippen molar-refractivity contribution in [1.82, 2.24) is 4.98 Å². The van der Waals surface area contributed by atoms with E-state index in [2.05, 4.69) is 10.3 Å². The summed E-state index contributed by atoms with van der Waals surface area (Å²) in [5.74, 6) is 0.901. The maximum absolute atomic E-state index is 9.65. The Labute approximate surface area is 84.2 Å². The molecule has 0 aromatic carbocycles. The van der Waals surface area contributed by atoms with E-state index in [1.165, 1.54) is 0 Å². The first-order chi connectivity index (χ1) is 6.77. The van der Waals surface area contributed by atoms with Crippen LogP contribution < -0.4 is 5.32 Å². The third-order valence-corrected chi connectivity index (χ3v) is 2.81. The van der Waals surface area contributed by atoms with Crippen molar-refractivity contribution in [3.8, 4) is 0 Å². The van der Waals surface area contributed by atoms with E-state index in [-0.39, 0.29) is 12.1 Å². The highest BCUT2D eigenvalue weighted by Gasteiger charge is 2.25. The molecular formula is C11H16N2O. The molecule has 0 spiro atoms. The monoisotopic (exact) mass is 192 g/mol. The Morgan fingerprint density at radius 1 is 1.50 bits per heavy atom. The molecule has 1 saturated carbocycles. The quantitative estimate of drug-likeness (QED) is 0.750. The Hall–Kier alpha value is -1.09. The second kappa shape index (κ2) is 3.96. The summed E-state index contributed by atoms with van der Waals surface area (Å²) in [5.41, 5.74) is 1.13. The molecule has 0 bridgehead atoms. The van der Waals surface area contributed by atoms with Gasteiger partial charge in [-0.05, 0) is 37.8 Å². The van der Waals surface area contributed by atoms with Crippen molar-refractivity contribution in [3.63, 3.8) is 0 Å². The molecule has 14 heavy (non-hydrogen) atoms. The van der Waals surface area contributed by atoms with Gasteiger partial charge in [0, 0.05) is 6.20 Å². The standard InChI is InChI=1S/C11H16N2O/c1-8-4-3-7-12-11(8)13-9-5-2-6-10(9)14/h3-4,7,9-10,14H,2,5-6H2,1H3,(H,12,13). The largest absolute Gasteiger partial charge is 0.391 e. The molecule has 1 aromatic heterocycles. The zero-order chi connectivity index (χ0) is 9.97. The van der Waals surface area contributed by atoms with Gasteiger partial charge in [0.1, 0.15) is 5.82 Å². The van der Waals surface area contributed by atoms with Gasteiger partial charge in [0.05, 0.1) is 12.1 Å². The van der Waals surface area contributed by atoms with Crippen molar-refractivity contribution in [3.05, 3.63) is 23.9 Å². The van der Waals surface area contributed by atoms with Crippen LogP contribution in [0.25, 0.3) is 0 Å². The molecule has 2 rings (SSSR count). The summed E-state index contributed by atoms with van der Waals surface area (Å²) in [7, 11) is 0. The lowest BCUT2D eigenvalue weighted by Crippen LogP contribution is -2.28. The summed E-state index contributed by atoms with van der Waals surface area (Å²) >= 11 is 0. The molecule has 1 aromatic rings.